The minimum atomic E-state index is -4.94. The molecule has 0 atom stereocenters. The lowest BCUT2D eigenvalue weighted by atomic mass is 9.90. The Morgan fingerprint density at radius 1 is 0.727 bits per heavy atom. The Hall–Kier alpha value is -3.40. The summed E-state index contributed by atoms with van der Waals surface area (Å²) in [5.74, 6) is -0.353. The van der Waals surface area contributed by atoms with Crippen molar-refractivity contribution in [2.75, 3.05) is 5.32 Å². The number of anilines is 1. The normalized spacial score (nSPS) is 13.3. The molecule has 0 aliphatic heterocycles. The highest BCUT2D eigenvalue weighted by molar-refractivity contribution is 6.36. The molecule has 1 aromatic heterocycles. The van der Waals surface area contributed by atoms with Gasteiger partial charge < -0.3 is 5.32 Å². The van der Waals surface area contributed by atoms with E-state index in [0.29, 0.717) is 22.5 Å². The van der Waals surface area contributed by atoms with Crippen molar-refractivity contribution in [1.82, 2.24) is 0 Å². The van der Waals surface area contributed by atoms with E-state index in [2.05, 4.69) is 11.4 Å². The zero-order chi connectivity index (χ0) is 24.3. The van der Waals surface area contributed by atoms with Crippen LogP contribution in [-0.2, 0) is 0 Å². The van der Waals surface area contributed by atoms with E-state index >= 15 is 0 Å². The summed E-state index contributed by atoms with van der Waals surface area (Å²) >= 11 is 0. The van der Waals surface area contributed by atoms with Crippen LogP contribution in [-0.4, -0.2) is 11.6 Å². The first-order valence-electron chi connectivity index (χ1n) is 9.82. The number of pyridine rings is 1. The summed E-state index contributed by atoms with van der Waals surface area (Å²) in [5.41, 5.74) is 5.53. The van der Waals surface area contributed by atoms with Crippen LogP contribution >= 0.6 is 0 Å². The second-order valence-corrected chi connectivity index (χ2v) is 8.35. The molecular formula is C24H21ClN2O6. The minimum absolute atomic E-state index is 0.170. The van der Waals surface area contributed by atoms with Crippen LogP contribution in [0.1, 0.15) is 37.4 Å². The van der Waals surface area contributed by atoms with Gasteiger partial charge in [0.15, 0.2) is 18.1 Å². The number of hydrogen-bond acceptors (Lipinski definition) is 7. The van der Waals surface area contributed by atoms with Gasteiger partial charge in [-0.2, -0.15) is 4.57 Å². The van der Waals surface area contributed by atoms with Crippen molar-refractivity contribution in [2.24, 2.45) is 0 Å². The largest absolute Gasteiger partial charge is 0.347 e. The summed E-state index contributed by atoms with van der Waals surface area (Å²) in [5, 5.41) is 3.24. The average molecular weight is 469 g/mol. The number of rotatable bonds is 3. The number of nitrogens with zero attached hydrogens (tertiary/aromatic N) is 1. The fourth-order valence-electron chi connectivity index (χ4n) is 3.57. The molecule has 1 heterocycles. The number of aromatic nitrogens is 1. The molecule has 1 aliphatic rings. The molecule has 8 nitrogen and oxygen atoms in total. The van der Waals surface area contributed by atoms with E-state index in [0.717, 1.165) is 22.4 Å². The Kier molecular flexibility index (Phi) is 7.06. The fraction of sp³-hybridized carbons (Fsp3) is 0.125. The van der Waals surface area contributed by atoms with Gasteiger partial charge in [-0.25, -0.2) is 18.6 Å². The van der Waals surface area contributed by atoms with Crippen LogP contribution < -0.4 is 28.5 Å². The number of halogens is 1. The first-order chi connectivity index (χ1) is 15.4. The molecule has 1 N–H and O–H groups in total. The van der Waals surface area contributed by atoms with Crippen LogP contribution in [0.25, 0.3) is 5.70 Å². The second-order valence-electron chi connectivity index (χ2n) is 7.59. The Labute approximate surface area is 192 Å². The Morgan fingerprint density at radius 3 is 1.73 bits per heavy atom. The van der Waals surface area contributed by atoms with Crippen molar-refractivity contribution in [3.05, 3.63) is 101 Å². The Balaban J connectivity index is 0.000000555. The van der Waals surface area contributed by atoms with Gasteiger partial charge in [0.05, 0.1) is 0 Å². The summed E-state index contributed by atoms with van der Waals surface area (Å²) in [6.45, 7) is 5.99. The van der Waals surface area contributed by atoms with Gasteiger partial charge in [0, 0.05) is 28.9 Å². The maximum absolute atomic E-state index is 13.3. The molecule has 9 heteroatoms. The van der Waals surface area contributed by atoms with Crippen LogP contribution in [0.15, 0.2) is 72.7 Å². The van der Waals surface area contributed by atoms with E-state index in [1.165, 1.54) is 0 Å². The number of aryl methyl sites for hydroxylation is 3. The van der Waals surface area contributed by atoms with E-state index in [1.54, 1.807) is 28.8 Å². The maximum atomic E-state index is 13.3. The number of hydrogen-bond donors (Lipinski definition) is 1. The predicted molar refractivity (Wildman–Crippen MR) is 109 cm³/mol. The summed E-state index contributed by atoms with van der Waals surface area (Å²) in [6.07, 6.45) is 3.62. The highest BCUT2D eigenvalue weighted by atomic mass is 35.7. The molecule has 0 amide bonds. The van der Waals surface area contributed by atoms with Crippen molar-refractivity contribution in [3.8, 4) is 0 Å². The van der Waals surface area contributed by atoms with Gasteiger partial charge in [-0.1, -0.05) is 30.3 Å². The molecule has 0 unspecified atom stereocenters. The Morgan fingerprint density at radius 2 is 1.21 bits per heavy atom. The van der Waals surface area contributed by atoms with Gasteiger partial charge in [0.1, 0.15) is 0 Å². The van der Waals surface area contributed by atoms with E-state index in [4.69, 9.17) is 18.6 Å². The summed E-state index contributed by atoms with van der Waals surface area (Å²) in [6, 6.07) is 16.8. The third-order valence-electron chi connectivity index (χ3n) is 4.84. The third kappa shape index (κ3) is 6.10. The van der Waals surface area contributed by atoms with Gasteiger partial charge in [0.25, 0.3) is 11.5 Å². The van der Waals surface area contributed by atoms with E-state index in [-0.39, 0.29) is 11.6 Å². The van der Waals surface area contributed by atoms with Crippen molar-refractivity contribution in [1.29, 1.82) is 0 Å². The summed E-state index contributed by atoms with van der Waals surface area (Å²) < 4.78 is 35.7. The molecule has 33 heavy (non-hydrogen) atoms. The van der Waals surface area contributed by atoms with Crippen LogP contribution in [0.3, 0.4) is 0 Å². The number of allylic oxidation sites excluding steroid dienone is 2. The minimum Gasteiger partial charge on any atom is -0.347 e. The molecular weight excluding hydrogens is 448 g/mol. The number of ketones is 2. The van der Waals surface area contributed by atoms with Crippen molar-refractivity contribution < 1.29 is 43.0 Å². The quantitative estimate of drug-likeness (QED) is 0.510. The molecule has 1 aliphatic carbocycles. The summed E-state index contributed by atoms with van der Waals surface area (Å²) in [7, 11) is -4.94. The van der Waals surface area contributed by atoms with Crippen molar-refractivity contribution in [2.45, 2.75) is 20.8 Å². The Bertz CT molecular complexity index is 1220. The first-order valence-corrected chi connectivity index (χ1v) is 11.1. The number of Topliss-reactive ketones (excluding diaryl/α,β-unsaturated/α-hetero) is 2. The third-order valence-corrected chi connectivity index (χ3v) is 4.84. The molecule has 0 bridgehead atoms. The number of carbonyl (C=O) groups is 2. The van der Waals surface area contributed by atoms with Crippen LogP contribution in [0.2, 0.25) is 0 Å². The van der Waals surface area contributed by atoms with Gasteiger partial charge in [-0.3, -0.25) is 9.59 Å². The van der Waals surface area contributed by atoms with Gasteiger partial charge in [0.2, 0.25) is 5.78 Å². The lowest BCUT2D eigenvalue weighted by Crippen LogP contribution is -2.68. The molecule has 2 aromatic carbocycles. The smallest absolute Gasteiger partial charge is 0.286 e. The average Bonchev–Trinajstić information content (AvgIpc) is 2.71. The number of fused-ring (bicyclic) bond motifs is 1. The molecule has 170 valence electrons. The van der Waals surface area contributed by atoms with Crippen LogP contribution in [0, 0.1) is 31.0 Å². The van der Waals surface area contributed by atoms with E-state index < -0.39 is 10.2 Å². The van der Waals surface area contributed by atoms with Crippen molar-refractivity contribution in [3.63, 3.8) is 0 Å². The van der Waals surface area contributed by atoms with Crippen molar-refractivity contribution >= 4 is 23.0 Å². The zero-order valence-corrected chi connectivity index (χ0v) is 18.9. The molecule has 0 saturated carbocycles. The predicted octanol–water partition coefficient (Wildman–Crippen LogP) is -0.497. The molecule has 4 rings (SSSR count). The topological polar surface area (TPSA) is 142 Å². The molecule has 0 saturated heterocycles. The molecule has 0 spiro atoms. The number of benzene rings is 2. The van der Waals surface area contributed by atoms with E-state index in [9.17, 15) is 9.59 Å². The highest BCUT2D eigenvalue weighted by Gasteiger charge is 2.38. The fourth-order valence-corrected chi connectivity index (χ4v) is 3.57. The molecule has 0 radical (unpaired) electrons. The maximum Gasteiger partial charge on any atom is 0.286 e. The molecule has 0 fully saturated rings. The van der Waals surface area contributed by atoms with Gasteiger partial charge in [-0.05, 0) is 49.6 Å². The standard InChI is InChI=1S/C24H20N2O2.ClHO4/c1-15-8-10-26(11-9-15)22-21(25-18-13-16(2)12-17(3)14-18)23(27)19-6-4-5-7-20(19)24(22)28;2-1(3,4)5/h4-14H,1-3H3;(H,2,3,4,5). The summed E-state index contributed by atoms with van der Waals surface area (Å²) in [4.78, 5) is 26.6. The number of carbonyl (C=O) groups excluding carboxylic acids is 2. The number of nitrogens with one attached hydrogen (secondary N) is 1. The van der Waals surface area contributed by atoms with Crippen LogP contribution in [0.5, 0.6) is 0 Å². The SMILES string of the molecule is Cc1cc[n+](C2=C(Nc3cc(C)cc(C)c3)C(=O)c3ccccc3C2=O)cc1.[O-][Cl+3]([O-])([O-])[O-]. The molecule has 3 aromatic rings. The van der Waals surface area contributed by atoms with Gasteiger partial charge in [-0.15, -0.1) is 10.2 Å². The van der Waals surface area contributed by atoms with Crippen LogP contribution in [0.4, 0.5) is 5.69 Å². The highest BCUT2D eigenvalue weighted by Crippen LogP contribution is 2.28. The zero-order valence-electron chi connectivity index (χ0n) is 18.1. The second kappa shape index (κ2) is 9.62. The lowest BCUT2D eigenvalue weighted by Gasteiger charge is -2.19. The lowest BCUT2D eigenvalue weighted by molar-refractivity contribution is -2.00. The monoisotopic (exact) mass is 468 g/mol. The van der Waals surface area contributed by atoms with Gasteiger partial charge >= 0.3 is 0 Å². The first kappa shape index (κ1) is 24.2. The van der Waals surface area contributed by atoms with E-state index in [1.807, 2.05) is 57.4 Å².